The van der Waals surface area contributed by atoms with Gasteiger partial charge >= 0.3 is 0 Å². The van der Waals surface area contributed by atoms with Crippen LogP contribution in [0.5, 0.6) is 0 Å². The van der Waals surface area contributed by atoms with Crippen molar-refractivity contribution in [2.75, 3.05) is 18.0 Å². The smallest absolute Gasteiger partial charge is 0.0639 e. The molecular weight excluding hydrogens is 230 g/mol. The molecule has 0 amide bonds. The molecule has 1 aliphatic heterocycles. The Kier molecular flexibility index (Phi) is 3.67. The fourth-order valence-corrected chi connectivity index (χ4v) is 2.72. The highest BCUT2D eigenvalue weighted by Crippen LogP contribution is 2.31. The molecule has 0 N–H and O–H groups in total. The molecule has 0 aromatic heterocycles. The van der Waals surface area contributed by atoms with E-state index in [0.717, 1.165) is 24.5 Å². The van der Waals surface area contributed by atoms with Gasteiger partial charge in [-0.1, -0.05) is 38.4 Å². The van der Waals surface area contributed by atoms with Crippen LogP contribution in [0.15, 0.2) is 18.2 Å². The highest BCUT2D eigenvalue weighted by molar-refractivity contribution is 6.33. The number of anilines is 1. The maximum absolute atomic E-state index is 6.31. The molecule has 1 heterocycles. The maximum Gasteiger partial charge on any atom is 0.0639 e. The van der Waals surface area contributed by atoms with Gasteiger partial charge in [0, 0.05) is 13.1 Å². The van der Waals surface area contributed by atoms with Crippen molar-refractivity contribution < 1.29 is 0 Å². The summed E-state index contributed by atoms with van der Waals surface area (Å²) in [6.07, 6.45) is 3.69. The third-order valence-electron chi connectivity index (χ3n) is 3.19. The normalized spacial score (nSPS) is 16.6. The van der Waals surface area contributed by atoms with E-state index in [1.165, 1.54) is 24.1 Å². The molecule has 1 aromatic rings. The van der Waals surface area contributed by atoms with Crippen LogP contribution in [0.4, 0.5) is 5.69 Å². The molecule has 2 heteroatoms. The van der Waals surface area contributed by atoms with E-state index in [4.69, 9.17) is 11.6 Å². The van der Waals surface area contributed by atoms with Gasteiger partial charge in [-0.2, -0.15) is 0 Å². The minimum absolute atomic E-state index is 0.329. The first-order chi connectivity index (χ1) is 7.96. The Balaban J connectivity index is 2.22. The fourth-order valence-electron chi connectivity index (χ4n) is 2.48. The van der Waals surface area contributed by atoms with Crippen molar-refractivity contribution in [3.05, 3.63) is 28.8 Å². The van der Waals surface area contributed by atoms with Gasteiger partial charge in [0.25, 0.3) is 0 Å². The van der Waals surface area contributed by atoms with Crippen molar-refractivity contribution in [1.82, 2.24) is 0 Å². The molecule has 0 bridgehead atoms. The zero-order chi connectivity index (χ0) is 12.5. The maximum atomic E-state index is 6.31. The van der Waals surface area contributed by atoms with E-state index in [9.17, 15) is 0 Å². The molecule has 1 aliphatic rings. The second kappa shape index (κ2) is 4.89. The van der Waals surface area contributed by atoms with Gasteiger partial charge in [-0.05, 0) is 42.4 Å². The number of halogens is 1. The molecule has 0 saturated carbocycles. The number of hydrogen-bond donors (Lipinski definition) is 0. The zero-order valence-electron chi connectivity index (χ0n) is 11.1. The molecular formula is C15H22ClN. The minimum Gasteiger partial charge on any atom is -0.370 e. The van der Waals surface area contributed by atoms with Crippen molar-refractivity contribution in [1.29, 1.82) is 0 Å². The molecule has 1 fully saturated rings. The Hall–Kier alpha value is -0.690. The van der Waals surface area contributed by atoms with Crippen LogP contribution in [0.3, 0.4) is 0 Å². The summed E-state index contributed by atoms with van der Waals surface area (Å²) in [4.78, 5) is 2.41. The minimum atomic E-state index is 0.329. The topological polar surface area (TPSA) is 3.24 Å². The zero-order valence-corrected chi connectivity index (χ0v) is 11.8. The molecule has 0 atom stereocenters. The molecule has 94 valence electrons. The van der Waals surface area contributed by atoms with Gasteiger partial charge in [-0.25, -0.2) is 0 Å². The third kappa shape index (κ3) is 3.38. The summed E-state index contributed by atoms with van der Waals surface area (Å²) in [6.45, 7) is 9.13. The molecule has 1 aromatic carbocycles. The largest absolute Gasteiger partial charge is 0.370 e. The highest BCUT2D eigenvalue weighted by atomic mass is 35.5. The number of rotatable bonds is 2. The van der Waals surface area contributed by atoms with Crippen LogP contribution in [-0.2, 0) is 6.42 Å². The molecule has 0 spiro atoms. The lowest BCUT2D eigenvalue weighted by Gasteiger charge is -2.22. The average Bonchev–Trinajstić information content (AvgIpc) is 2.72. The van der Waals surface area contributed by atoms with Gasteiger partial charge in [0.1, 0.15) is 0 Å². The van der Waals surface area contributed by atoms with Crippen LogP contribution in [0.2, 0.25) is 5.02 Å². The summed E-state index contributed by atoms with van der Waals surface area (Å²) in [5.41, 5.74) is 2.95. The highest BCUT2D eigenvalue weighted by Gasteiger charge is 2.17. The predicted octanol–water partition coefficient (Wildman–Crippen LogP) is 4.53. The summed E-state index contributed by atoms with van der Waals surface area (Å²) >= 11 is 6.31. The second-order valence-corrected chi connectivity index (χ2v) is 6.62. The number of benzene rings is 1. The van der Waals surface area contributed by atoms with E-state index in [1.807, 2.05) is 0 Å². The summed E-state index contributed by atoms with van der Waals surface area (Å²) in [7, 11) is 0. The first kappa shape index (κ1) is 12.8. The first-order valence-electron chi connectivity index (χ1n) is 6.49. The molecule has 0 aliphatic carbocycles. The lowest BCUT2D eigenvalue weighted by atomic mass is 9.88. The van der Waals surface area contributed by atoms with Crippen molar-refractivity contribution in [3.8, 4) is 0 Å². The van der Waals surface area contributed by atoms with E-state index >= 15 is 0 Å². The van der Waals surface area contributed by atoms with E-state index in [2.05, 4.69) is 43.9 Å². The first-order valence-corrected chi connectivity index (χ1v) is 6.87. The van der Waals surface area contributed by atoms with E-state index in [-0.39, 0.29) is 0 Å². The van der Waals surface area contributed by atoms with E-state index < -0.39 is 0 Å². The van der Waals surface area contributed by atoms with Crippen LogP contribution in [-0.4, -0.2) is 13.1 Å². The monoisotopic (exact) mass is 251 g/mol. The molecule has 17 heavy (non-hydrogen) atoms. The molecule has 0 radical (unpaired) electrons. The fraction of sp³-hybridized carbons (Fsp3) is 0.600. The van der Waals surface area contributed by atoms with Gasteiger partial charge in [0.05, 0.1) is 10.7 Å². The van der Waals surface area contributed by atoms with Crippen molar-refractivity contribution in [2.45, 2.75) is 40.0 Å². The summed E-state index contributed by atoms with van der Waals surface area (Å²) < 4.78 is 0. The van der Waals surface area contributed by atoms with Crippen LogP contribution < -0.4 is 4.90 Å². The van der Waals surface area contributed by atoms with Crippen molar-refractivity contribution in [3.63, 3.8) is 0 Å². The quantitative estimate of drug-likeness (QED) is 0.747. The Labute approximate surface area is 110 Å². The summed E-state index contributed by atoms with van der Waals surface area (Å²) in [6, 6.07) is 6.49. The van der Waals surface area contributed by atoms with Gasteiger partial charge < -0.3 is 4.90 Å². The molecule has 1 saturated heterocycles. The SMILES string of the molecule is CC(C)(C)Cc1ccc(Cl)c(N2CCCC2)c1. The van der Waals surface area contributed by atoms with Crippen LogP contribution in [0.1, 0.15) is 39.2 Å². The summed E-state index contributed by atoms with van der Waals surface area (Å²) in [5, 5.41) is 0.893. The Morgan fingerprint density at radius 1 is 1.18 bits per heavy atom. The third-order valence-corrected chi connectivity index (χ3v) is 3.51. The molecule has 0 unspecified atom stereocenters. The lowest BCUT2D eigenvalue weighted by molar-refractivity contribution is 0.411. The van der Waals surface area contributed by atoms with E-state index in [1.54, 1.807) is 0 Å². The standard InChI is InChI=1S/C15H22ClN/c1-15(2,3)11-12-6-7-13(16)14(10-12)17-8-4-5-9-17/h6-7,10H,4-5,8-9,11H2,1-3H3. The summed E-state index contributed by atoms with van der Waals surface area (Å²) in [5.74, 6) is 0. The molecule has 2 rings (SSSR count). The van der Waals surface area contributed by atoms with Gasteiger partial charge in [-0.15, -0.1) is 0 Å². The van der Waals surface area contributed by atoms with Crippen LogP contribution in [0, 0.1) is 5.41 Å². The number of nitrogens with zero attached hydrogens (tertiary/aromatic N) is 1. The Bertz CT molecular complexity index is 386. The van der Waals surface area contributed by atoms with Gasteiger partial charge in [-0.3, -0.25) is 0 Å². The lowest BCUT2D eigenvalue weighted by Crippen LogP contribution is -2.18. The van der Waals surface area contributed by atoms with Crippen molar-refractivity contribution >= 4 is 17.3 Å². The molecule has 1 nitrogen and oxygen atoms in total. The van der Waals surface area contributed by atoms with Gasteiger partial charge in [0.15, 0.2) is 0 Å². The predicted molar refractivity (Wildman–Crippen MR) is 76.1 cm³/mol. The Morgan fingerprint density at radius 3 is 2.41 bits per heavy atom. The van der Waals surface area contributed by atoms with E-state index in [0.29, 0.717) is 5.41 Å². The number of hydrogen-bond acceptors (Lipinski definition) is 1. The average molecular weight is 252 g/mol. The Morgan fingerprint density at radius 2 is 1.82 bits per heavy atom. The van der Waals surface area contributed by atoms with Crippen LogP contribution in [0.25, 0.3) is 0 Å². The van der Waals surface area contributed by atoms with Crippen molar-refractivity contribution in [2.24, 2.45) is 5.41 Å². The second-order valence-electron chi connectivity index (χ2n) is 6.22. The van der Waals surface area contributed by atoms with Gasteiger partial charge in [0.2, 0.25) is 0 Å². The van der Waals surface area contributed by atoms with Crippen LogP contribution >= 0.6 is 11.6 Å².